The molecule has 0 aliphatic carbocycles. The second-order valence-corrected chi connectivity index (χ2v) is 7.17. The number of hydrogen-bond acceptors (Lipinski definition) is 3. The first-order valence-electron chi connectivity index (χ1n) is 6.52. The number of hydrogen-bond donors (Lipinski definition) is 2. The van der Waals surface area contributed by atoms with Gasteiger partial charge in [-0.05, 0) is 37.0 Å². The van der Waals surface area contributed by atoms with Crippen molar-refractivity contribution in [3.05, 3.63) is 35.4 Å². The molecule has 0 spiro atoms. The van der Waals surface area contributed by atoms with Crippen LogP contribution in [-0.4, -0.2) is 25.5 Å². The van der Waals surface area contributed by atoms with Gasteiger partial charge in [0.2, 0.25) is 10.0 Å². The molecule has 20 heavy (non-hydrogen) atoms. The number of aromatic carboxylic acids is 1. The first-order chi connectivity index (χ1) is 9.19. The van der Waals surface area contributed by atoms with Crippen LogP contribution >= 0.6 is 0 Å². The molecule has 0 amide bonds. The monoisotopic (exact) mass is 299 g/mol. The number of rotatable bonds is 7. The molecule has 1 atom stereocenters. The minimum absolute atomic E-state index is 0.0907. The highest BCUT2D eigenvalue weighted by Crippen LogP contribution is 2.11. The predicted molar refractivity (Wildman–Crippen MR) is 78.1 cm³/mol. The summed E-state index contributed by atoms with van der Waals surface area (Å²) in [4.78, 5) is 10.9. The summed E-state index contributed by atoms with van der Waals surface area (Å²) in [6.45, 7) is 5.88. The topological polar surface area (TPSA) is 83.5 Å². The minimum atomic E-state index is -3.46. The van der Waals surface area contributed by atoms with E-state index in [-0.39, 0.29) is 17.4 Å². The molecule has 0 saturated carbocycles. The van der Waals surface area contributed by atoms with Crippen LogP contribution < -0.4 is 4.72 Å². The van der Waals surface area contributed by atoms with Gasteiger partial charge in [-0.3, -0.25) is 0 Å². The molecule has 0 radical (unpaired) electrons. The lowest BCUT2D eigenvalue weighted by Gasteiger charge is -2.16. The second-order valence-electron chi connectivity index (χ2n) is 5.41. The molecule has 0 fully saturated rings. The van der Waals surface area contributed by atoms with Crippen LogP contribution in [-0.2, 0) is 15.8 Å². The Hall–Kier alpha value is -1.40. The van der Waals surface area contributed by atoms with Crippen molar-refractivity contribution in [2.45, 2.75) is 39.0 Å². The Bertz CT molecular complexity index is 566. The first-order valence-corrected chi connectivity index (χ1v) is 8.17. The van der Waals surface area contributed by atoms with Gasteiger partial charge in [0.05, 0.1) is 11.3 Å². The van der Waals surface area contributed by atoms with Gasteiger partial charge in [-0.15, -0.1) is 0 Å². The second kappa shape index (κ2) is 6.85. The third kappa shape index (κ3) is 5.71. The van der Waals surface area contributed by atoms with E-state index in [4.69, 9.17) is 5.11 Å². The summed E-state index contributed by atoms with van der Waals surface area (Å²) in [7, 11) is -3.46. The lowest BCUT2D eigenvalue weighted by atomic mass is 10.1. The lowest BCUT2D eigenvalue weighted by molar-refractivity contribution is 0.0696. The molecular formula is C14H21NO4S. The molecule has 1 aromatic rings. The van der Waals surface area contributed by atoms with E-state index in [0.717, 1.165) is 6.42 Å². The van der Waals surface area contributed by atoms with Crippen molar-refractivity contribution in [1.82, 2.24) is 4.72 Å². The molecule has 2 N–H and O–H groups in total. The van der Waals surface area contributed by atoms with E-state index < -0.39 is 16.0 Å². The third-order valence-corrected chi connectivity index (χ3v) is 4.21. The molecule has 0 aromatic heterocycles. The molecule has 1 aromatic carbocycles. The maximum Gasteiger partial charge on any atom is 0.335 e. The van der Waals surface area contributed by atoms with E-state index in [2.05, 4.69) is 4.72 Å². The largest absolute Gasteiger partial charge is 0.478 e. The number of carbonyl (C=O) groups is 1. The van der Waals surface area contributed by atoms with Crippen molar-refractivity contribution in [2.75, 3.05) is 0 Å². The van der Waals surface area contributed by atoms with Crippen LogP contribution in [0.4, 0.5) is 0 Å². The maximum absolute atomic E-state index is 12.0. The zero-order valence-corrected chi connectivity index (χ0v) is 12.8. The van der Waals surface area contributed by atoms with Gasteiger partial charge >= 0.3 is 5.97 Å². The van der Waals surface area contributed by atoms with Crippen molar-refractivity contribution in [1.29, 1.82) is 0 Å². The third-order valence-electron chi connectivity index (χ3n) is 2.74. The smallest absolute Gasteiger partial charge is 0.335 e. The summed E-state index contributed by atoms with van der Waals surface area (Å²) in [5.41, 5.74) is 0.557. The van der Waals surface area contributed by atoms with Gasteiger partial charge in [0, 0.05) is 6.04 Å². The SMILES string of the molecule is CC(C)CC(C)NS(=O)(=O)Cc1cccc(C(=O)O)c1. The van der Waals surface area contributed by atoms with Gasteiger partial charge < -0.3 is 5.11 Å². The molecule has 5 nitrogen and oxygen atoms in total. The standard InChI is InChI=1S/C14H21NO4S/c1-10(2)7-11(3)15-20(18,19)9-12-5-4-6-13(8-12)14(16)17/h4-6,8,10-11,15H,7,9H2,1-3H3,(H,16,17). The van der Waals surface area contributed by atoms with Crippen LogP contribution in [0.1, 0.15) is 43.1 Å². The van der Waals surface area contributed by atoms with Crippen molar-refractivity contribution < 1.29 is 18.3 Å². The fraction of sp³-hybridized carbons (Fsp3) is 0.500. The molecule has 1 unspecified atom stereocenters. The van der Waals surface area contributed by atoms with E-state index in [1.165, 1.54) is 12.1 Å². The molecular weight excluding hydrogens is 278 g/mol. The number of nitrogens with one attached hydrogen (secondary N) is 1. The fourth-order valence-electron chi connectivity index (χ4n) is 2.12. The average molecular weight is 299 g/mol. The fourth-order valence-corrected chi connectivity index (χ4v) is 3.53. The van der Waals surface area contributed by atoms with Gasteiger partial charge in [-0.25, -0.2) is 17.9 Å². The highest BCUT2D eigenvalue weighted by Gasteiger charge is 2.16. The molecule has 0 aliphatic rings. The van der Waals surface area contributed by atoms with Crippen molar-refractivity contribution in [3.8, 4) is 0 Å². The summed E-state index contributed by atoms with van der Waals surface area (Å²) in [5, 5.41) is 8.89. The Kier molecular flexibility index (Phi) is 5.71. The summed E-state index contributed by atoms with van der Waals surface area (Å²) in [6, 6.07) is 5.84. The normalized spacial score (nSPS) is 13.4. The van der Waals surface area contributed by atoms with Crippen molar-refractivity contribution >= 4 is 16.0 Å². The molecule has 0 aliphatic heterocycles. The van der Waals surface area contributed by atoms with Gasteiger partial charge in [0.15, 0.2) is 0 Å². The van der Waals surface area contributed by atoms with Crippen molar-refractivity contribution in [2.24, 2.45) is 5.92 Å². The van der Waals surface area contributed by atoms with Gasteiger partial charge in [0.1, 0.15) is 0 Å². The zero-order valence-electron chi connectivity index (χ0n) is 12.0. The molecule has 0 heterocycles. The Morgan fingerprint density at radius 1 is 1.30 bits per heavy atom. The number of carboxylic acid groups (broad SMARTS) is 1. The molecule has 6 heteroatoms. The van der Waals surface area contributed by atoms with E-state index in [1.54, 1.807) is 12.1 Å². The number of sulfonamides is 1. The number of carboxylic acids is 1. The van der Waals surface area contributed by atoms with Gasteiger partial charge in [-0.1, -0.05) is 26.0 Å². The lowest BCUT2D eigenvalue weighted by Crippen LogP contribution is -2.34. The molecule has 112 valence electrons. The van der Waals surface area contributed by atoms with Gasteiger partial charge in [-0.2, -0.15) is 0 Å². The maximum atomic E-state index is 12.0. The Balaban J connectivity index is 2.76. The summed E-state index contributed by atoms with van der Waals surface area (Å²) < 4.78 is 26.6. The van der Waals surface area contributed by atoms with E-state index >= 15 is 0 Å². The quantitative estimate of drug-likeness (QED) is 0.808. The van der Waals surface area contributed by atoms with Crippen LogP contribution in [0.15, 0.2) is 24.3 Å². The highest BCUT2D eigenvalue weighted by molar-refractivity contribution is 7.88. The van der Waals surface area contributed by atoms with E-state index in [0.29, 0.717) is 11.5 Å². The number of benzene rings is 1. The summed E-state index contributed by atoms with van der Waals surface area (Å²) >= 11 is 0. The molecule has 1 rings (SSSR count). The molecule has 0 bridgehead atoms. The summed E-state index contributed by atoms with van der Waals surface area (Å²) in [6.07, 6.45) is 0.758. The van der Waals surface area contributed by atoms with Gasteiger partial charge in [0.25, 0.3) is 0 Å². The van der Waals surface area contributed by atoms with Crippen LogP contribution in [0, 0.1) is 5.92 Å². The van der Waals surface area contributed by atoms with Crippen LogP contribution in [0.2, 0.25) is 0 Å². The summed E-state index contributed by atoms with van der Waals surface area (Å²) in [5.74, 6) is -0.871. The van der Waals surface area contributed by atoms with Crippen LogP contribution in [0.5, 0.6) is 0 Å². The van der Waals surface area contributed by atoms with Crippen LogP contribution in [0.25, 0.3) is 0 Å². The Morgan fingerprint density at radius 3 is 2.50 bits per heavy atom. The minimum Gasteiger partial charge on any atom is -0.478 e. The average Bonchev–Trinajstić information content (AvgIpc) is 2.26. The Morgan fingerprint density at radius 2 is 1.95 bits per heavy atom. The predicted octanol–water partition coefficient (Wildman–Crippen LogP) is 2.24. The zero-order chi connectivity index (χ0) is 15.3. The molecule has 0 saturated heterocycles. The highest BCUT2D eigenvalue weighted by atomic mass is 32.2. The Labute approximate surface area is 120 Å². The van der Waals surface area contributed by atoms with Crippen molar-refractivity contribution in [3.63, 3.8) is 0 Å². The van der Waals surface area contributed by atoms with Crippen LogP contribution in [0.3, 0.4) is 0 Å². The van der Waals surface area contributed by atoms with E-state index in [9.17, 15) is 13.2 Å². The first kappa shape index (κ1) is 16.7. The van der Waals surface area contributed by atoms with E-state index in [1.807, 2.05) is 20.8 Å².